The molecule has 0 aromatic heterocycles. The number of rotatable bonds is 8. The Kier molecular flexibility index (Phi) is 9.00. The molecule has 0 bridgehead atoms. The Morgan fingerprint density at radius 2 is 1.60 bits per heavy atom. The fourth-order valence-electron chi connectivity index (χ4n) is 6.29. The van der Waals surface area contributed by atoms with E-state index in [0.29, 0.717) is 41.1 Å². The van der Waals surface area contributed by atoms with Gasteiger partial charge < -0.3 is 23.6 Å². The van der Waals surface area contributed by atoms with Crippen molar-refractivity contribution in [1.82, 2.24) is 4.90 Å². The molecule has 40 heavy (non-hydrogen) atoms. The molecule has 1 aromatic rings. The number of hydrogen-bond donors (Lipinski definition) is 1. The van der Waals surface area contributed by atoms with Crippen molar-refractivity contribution in [3.63, 3.8) is 0 Å². The summed E-state index contributed by atoms with van der Waals surface area (Å²) in [6.45, 7) is 28.2. The third-order valence-electron chi connectivity index (χ3n) is 9.33. The maximum Gasteiger partial charge on any atom is 0.414 e. The highest BCUT2D eigenvalue weighted by molar-refractivity contribution is 6.78. The first kappa shape index (κ1) is 32.2. The highest BCUT2D eigenvalue weighted by Crippen LogP contribution is 2.49. The first-order chi connectivity index (χ1) is 18.3. The summed E-state index contributed by atoms with van der Waals surface area (Å²) >= 11 is 0. The molecule has 0 aliphatic carbocycles. The maximum atomic E-state index is 14.1. The van der Waals surface area contributed by atoms with E-state index in [0.717, 1.165) is 5.57 Å². The van der Waals surface area contributed by atoms with E-state index in [1.165, 1.54) is 4.90 Å². The van der Waals surface area contributed by atoms with Crippen molar-refractivity contribution in [2.45, 2.75) is 116 Å². The number of carboxylic acid groups (broad SMARTS) is 1. The van der Waals surface area contributed by atoms with Crippen LogP contribution in [0, 0.1) is 0 Å². The number of amides is 2. The Bertz CT molecular complexity index is 1140. The smallest absolute Gasteiger partial charge is 0.414 e. The van der Waals surface area contributed by atoms with Gasteiger partial charge >= 0.3 is 6.09 Å². The standard InChI is InChI=1S/C30H50N2O6Si2/c1-18(2)40(19(3)4,20(5)6)37-26-16-23-22(15-25(26)36-11)27(33)31-17-21(7)14-24(31)28(32(23)29(34)35)38-39(12,13)30(8,9)10/h15-16,18-20,24,28H,7,14,17H2,1-6,8-13H3,(H,34,35)/t24-,28-/m0/s1. The number of fused-ring (bicyclic) bond motifs is 2. The van der Waals surface area contributed by atoms with Crippen LogP contribution in [0.5, 0.6) is 11.5 Å². The summed E-state index contributed by atoms with van der Waals surface area (Å²) in [6, 6.07) is 2.87. The quantitative estimate of drug-likeness (QED) is 0.245. The van der Waals surface area contributed by atoms with E-state index in [2.05, 4.69) is 82.0 Å². The van der Waals surface area contributed by atoms with Crippen LogP contribution in [0.25, 0.3) is 0 Å². The summed E-state index contributed by atoms with van der Waals surface area (Å²) in [5.74, 6) is 0.645. The largest absolute Gasteiger partial charge is 0.540 e. The van der Waals surface area contributed by atoms with E-state index < -0.39 is 35.0 Å². The first-order valence-electron chi connectivity index (χ1n) is 14.4. The minimum Gasteiger partial charge on any atom is -0.540 e. The Morgan fingerprint density at radius 3 is 2.05 bits per heavy atom. The number of benzene rings is 1. The number of carbonyl (C=O) groups excluding carboxylic acids is 1. The molecule has 0 unspecified atom stereocenters. The van der Waals surface area contributed by atoms with Crippen molar-refractivity contribution in [1.29, 1.82) is 0 Å². The monoisotopic (exact) mass is 590 g/mol. The fourth-order valence-corrected chi connectivity index (χ4v) is 12.8. The highest BCUT2D eigenvalue weighted by Gasteiger charge is 2.52. The second-order valence-electron chi connectivity index (χ2n) is 13.8. The van der Waals surface area contributed by atoms with E-state index in [4.69, 9.17) is 13.6 Å². The Balaban J connectivity index is 2.31. The van der Waals surface area contributed by atoms with Gasteiger partial charge in [-0.3, -0.25) is 4.79 Å². The van der Waals surface area contributed by atoms with Crippen LogP contribution in [0.4, 0.5) is 10.5 Å². The van der Waals surface area contributed by atoms with E-state index in [1.54, 1.807) is 24.1 Å². The van der Waals surface area contributed by atoms with Crippen LogP contribution >= 0.6 is 0 Å². The molecule has 8 nitrogen and oxygen atoms in total. The van der Waals surface area contributed by atoms with Gasteiger partial charge in [-0.05, 0) is 47.2 Å². The fraction of sp³-hybridized carbons (Fsp3) is 0.667. The van der Waals surface area contributed by atoms with Crippen LogP contribution in [0.1, 0.15) is 79.1 Å². The lowest BCUT2D eigenvalue weighted by molar-refractivity contribution is 0.0542. The van der Waals surface area contributed by atoms with Gasteiger partial charge in [0.15, 0.2) is 20.3 Å². The number of methoxy groups -OCH3 is 1. The number of anilines is 1. The summed E-state index contributed by atoms with van der Waals surface area (Å²) in [6.07, 6.45) is -1.58. The highest BCUT2D eigenvalue weighted by atomic mass is 28.4. The van der Waals surface area contributed by atoms with Gasteiger partial charge in [0.25, 0.3) is 14.2 Å². The first-order valence-corrected chi connectivity index (χ1v) is 19.4. The molecule has 1 saturated heterocycles. The molecule has 2 aliphatic heterocycles. The molecule has 2 heterocycles. The zero-order valence-corrected chi connectivity index (χ0v) is 28.5. The predicted molar refractivity (Wildman–Crippen MR) is 166 cm³/mol. The molecule has 1 N–H and O–H groups in total. The second kappa shape index (κ2) is 11.2. The molecule has 2 aliphatic rings. The molecule has 224 valence electrons. The summed E-state index contributed by atoms with van der Waals surface area (Å²) in [5, 5.41) is 10.5. The van der Waals surface area contributed by atoms with Gasteiger partial charge in [-0.1, -0.05) is 74.5 Å². The van der Waals surface area contributed by atoms with Crippen LogP contribution in [-0.2, 0) is 4.43 Å². The summed E-state index contributed by atoms with van der Waals surface area (Å²) in [5.41, 5.74) is 2.29. The van der Waals surface area contributed by atoms with Gasteiger partial charge in [0.2, 0.25) is 0 Å². The second-order valence-corrected chi connectivity index (χ2v) is 23.9. The van der Waals surface area contributed by atoms with Crippen LogP contribution in [0.15, 0.2) is 24.3 Å². The van der Waals surface area contributed by atoms with Gasteiger partial charge in [0.1, 0.15) is 5.75 Å². The van der Waals surface area contributed by atoms with Gasteiger partial charge in [0.05, 0.1) is 24.4 Å². The molecular weight excluding hydrogens is 541 g/mol. The van der Waals surface area contributed by atoms with Crippen molar-refractivity contribution in [3.8, 4) is 11.5 Å². The van der Waals surface area contributed by atoms with Crippen LogP contribution in [0.3, 0.4) is 0 Å². The Labute approximate surface area is 242 Å². The molecule has 2 amide bonds. The zero-order chi connectivity index (χ0) is 30.5. The number of hydrogen-bond acceptors (Lipinski definition) is 5. The average molecular weight is 591 g/mol. The zero-order valence-electron chi connectivity index (χ0n) is 26.5. The van der Waals surface area contributed by atoms with Crippen LogP contribution in [0.2, 0.25) is 34.8 Å². The van der Waals surface area contributed by atoms with Crippen LogP contribution < -0.4 is 14.1 Å². The number of ether oxygens (including phenoxy) is 1. The topological polar surface area (TPSA) is 88.5 Å². The average Bonchev–Trinajstić information content (AvgIpc) is 3.17. The van der Waals surface area contributed by atoms with Gasteiger partial charge in [0, 0.05) is 12.6 Å². The van der Waals surface area contributed by atoms with E-state index in [-0.39, 0.29) is 22.2 Å². The molecule has 0 spiro atoms. The Hall–Kier alpha value is -2.31. The molecule has 0 radical (unpaired) electrons. The third-order valence-corrected chi connectivity index (χ3v) is 19.8. The molecule has 1 fully saturated rings. The minimum absolute atomic E-state index is 0.165. The number of carbonyl (C=O) groups is 2. The number of nitrogens with zero attached hydrogens (tertiary/aromatic N) is 2. The van der Waals surface area contributed by atoms with Crippen molar-refractivity contribution in [2.75, 3.05) is 18.6 Å². The molecule has 1 aromatic carbocycles. The van der Waals surface area contributed by atoms with Crippen molar-refractivity contribution in [3.05, 3.63) is 29.8 Å². The summed E-state index contributed by atoms with van der Waals surface area (Å²) < 4.78 is 19.7. The van der Waals surface area contributed by atoms with E-state index in [1.807, 2.05) is 0 Å². The predicted octanol–water partition coefficient (Wildman–Crippen LogP) is 7.87. The third kappa shape index (κ3) is 5.46. The summed E-state index contributed by atoms with van der Waals surface area (Å²) in [4.78, 5) is 30.2. The molecule has 0 saturated carbocycles. The van der Waals surface area contributed by atoms with Gasteiger partial charge in [-0.25, -0.2) is 9.69 Å². The lowest BCUT2D eigenvalue weighted by Gasteiger charge is -2.44. The lowest BCUT2D eigenvalue weighted by atomic mass is 10.1. The molecule has 10 heteroatoms. The molecular formula is C30H50N2O6Si2. The lowest BCUT2D eigenvalue weighted by Crippen LogP contribution is -2.57. The Morgan fingerprint density at radius 1 is 1.05 bits per heavy atom. The normalized spacial score (nSPS) is 20.3. The van der Waals surface area contributed by atoms with E-state index in [9.17, 15) is 14.7 Å². The van der Waals surface area contributed by atoms with Crippen molar-refractivity contribution >= 4 is 34.3 Å². The van der Waals surface area contributed by atoms with E-state index >= 15 is 0 Å². The maximum absolute atomic E-state index is 14.1. The van der Waals surface area contributed by atoms with Crippen molar-refractivity contribution in [2.24, 2.45) is 0 Å². The SMILES string of the molecule is C=C1C[C@H]2[C@H](O[Si](C)(C)C(C)(C)C)N(C(=O)O)c3cc(O[Si](C(C)C)(C(C)C)C(C)C)c(OC)cc3C(=O)N2C1. The van der Waals surface area contributed by atoms with Gasteiger partial charge in [-0.15, -0.1) is 0 Å². The molecule has 2 atom stereocenters. The van der Waals surface area contributed by atoms with Crippen LogP contribution in [-0.4, -0.2) is 64.6 Å². The van der Waals surface area contributed by atoms with Crippen molar-refractivity contribution < 1.29 is 28.3 Å². The summed E-state index contributed by atoms with van der Waals surface area (Å²) in [7, 11) is -3.34. The van der Waals surface area contributed by atoms with Gasteiger partial charge in [-0.2, -0.15) is 0 Å². The molecule has 3 rings (SSSR count). The minimum atomic E-state index is -2.46.